The van der Waals surface area contributed by atoms with Crippen LogP contribution < -0.4 is 10.6 Å². The second kappa shape index (κ2) is 14.2. The number of anilines is 1. The van der Waals surface area contributed by atoms with Crippen LogP contribution in [0.2, 0.25) is 0 Å². The van der Waals surface area contributed by atoms with Gasteiger partial charge < -0.3 is 30.3 Å². The van der Waals surface area contributed by atoms with E-state index in [0.29, 0.717) is 10.4 Å². The molecular weight excluding hydrogens is 564 g/mol. The van der Waals surface area contributed by atoms with Crippen LogP contribution >= 0.6 is 11.3 Å². The highest BCUT2D eigenvalue weighted by Gasteiger charge is 2.31. The predicted octanol–water partition coefficient (Wildman–Crippen LogP) is 2.72. The van der Waals surface area contributed by atoms with Crippen molar-refractivity contribution in [2.24, 2.45) is 0 Å². The summed E-state index contributed by atoms with van der Waals surface area (Å²) in [6.07, 6.45) is -0.989. The number of aliphatic carboxylic acids is 1. The van der Waals surface area contributed by atoms with Crippen molar-refractivity contribution in [3.63, 3.8) is 0 Å². The van der Waals surface area contributed by atoms with Gasteiger partial charge in [0.15, 0.2) is 5.82 Å². The largest absolute Gasteiger partial charge is 0.481 e. The molecule has 3 aromatic rings. The van der Waals surface area contributed by atoms with Crippen LogP contribution in [0.5, 0.6) is 0 Å². The molecule has 13 nitrogen and oxygen atoms in total. The van der Waals surface area contributed by atoms with Gasteiger partial charge >= 0.3 is 12.1 Å². The summed E-state index contributed by atoms with van der Waals surface area (Å²) in [5.74, 6) is -2.50. The molecule has 1 aliphatic heterocycles. The maximum atomic E-state index is 13.5. The number of nitrogens with one attached hydrogen (secondary N) is 2. The van der Waals surface area contributed by atoms with Crippen molar-refractivity contribution in [2.45, 2.75) is 25.8 Å². The van der Waals surface area contributed by atoms with Crippen molar-refractivity contribution in [3.8, 4) is 11.4 Å². The lowest BCUT2D eigenvalue weighted by molar-refractivity contribution is -0.138. The van der Waals surface area contributed by atoms with Gasteiger partial charge in [0.1, 0.15) is 17.6 Å². The molecule has 3 heterocycles. The first-order valence-electron chi connectivity index (χ1n) is 13.3. The highest BCUT2D eigenvalue weighted by molar-refractivity contribution is 7.12. The Bertz CT molecular complexity index is 1430. The van der Waals surface area contributed by atoms with E-state index in [1.807, 2.05) is 6.07 Å². The fourth-order valence-electron chi connectivity index (χ4n) is 4.23. The first-order valence-corrected chi connectivity index (χ1v) is 14.2. The van der Waals surface area contributed by atoms with Crippen LogP contribution in [0.15, 0.2) is 53.9 Å². The number of piperazine rings is 1. The number of amides is 4. The van der Waals surface area contributed by atoms with E-state index in [4.69, 9.17) is 4.74 Å². The first kappa shape index (κ1) is 30.1. The van der Waals surface area contributed by atoms with E-state index in [2.05, 4.69) is 20.6 Å². The Labute approximate surface area is 245 Å². The predicted molar refractivity (Wildman–Crippen MR) is 153 cm³/mol. The quantitative estimate of drug-likeness (QED) is 0.319. The normalized spacial score (nSPS) is 13.6. The zero-order valence-corrected chi connectivity index (χ0v) is 23.6. The summed E-state index contributed by atoms with van der Waals surface area (Å²) in [5, 5.41) is 16.3. The number of rotatable bonds is 10. The lowest BCUT2D eigenvalue weighted by Gasteiger charge is -2.35. The molecule has 4 rings (SSSR count). The molecule has 4 amide bonds. The van der Waals surface area contributed by atoms with Crippen LogP contribution in [-0.2, 0) is 14.3 Å². The number of thiophene rings is 1. The molecule has 1 unspecified atom stereocenters. The maximum Gasteiger partial charge on any atom is 0.409 e. The van der Waals surface area contributed by atoms with Crippen molar-refractivity contribution in [3.05, 3.63) is 64.5 Å². The lowest BCUT2D eigenvalue weighted by Crippen LogP contribution is -2.56. The van der Waals surface area contributed by atoms with Gasteiger partial charge in [-0.25, -0.2) is 14.8 Å². The van der Waals surface area contributed by atoms with Gasteiger partial charge in [0.2, 0.25) is 5.91 Å². The Morgan fingerprint density at radius 3 is 2.33 bits per heavy atom. The van der Waals surface area contributed by atoms with Crippen molar-refractivity contribution in [1.82, 2.24) is 25.1 Å². The standard InChI is InChI=1S/C28H30N6O7S/c1-2-41-28(40)34-14-12-33(13-15-34)27(39)19(10-11-23(35)36)30-25(37)20-17-22(32-26(38)21-9-6-16-42-21)31-24(29-20)18-7-4-3-5-8-18/h3-9,16-17,19H,2,10-15H2,1H3,(H,30,37)(H,35,36)(H,29,31,32,38). The van der Waals surface area contributed by atoms with Gasteiger partial charge in [-0.2, -0.15) is 0 Å². The van der Waals surface area contributed by atoms with Gasteiger partial charge in [-0.15, -0.1) is 11.3 Å². The van der Waals surface area contributed by atoms with E-state index in [0.717, 1.165) is 0 Å². The molecule has 0 saturated carbocycles. The molecular formula is C28H30N6O7S. The van der Waals surface area contributed by atoms with E-state index in [1.165, 1.54) is 27.2 Å². The van der Waals surface area contributed by atoms with E-state index >= 15 is 0 Å². The molecule has 2 aromatic heterocycles. The van der Waals surface area contributed by atoms with Crippen LogP contribution in [-0.4, -0.2) is 93.5 Å². The topological polar surface area (TPSA) is 171 Å². The molecule has 1 fully saturated rings. The van der Waals surface area contributed by atoms with Crippen LogP contribution in [0.3, 0.4) is 0 Å². The molecule has 0 radical (unpaired) electrons. The second-order valence-electron chi connectivity index (χ2n) is 9.23. The van der Waals surface area contributed by atoms with Crippen LogP contribution in [0.1, 0.15) is 39.9 Å². The summed E-state index contributed by atoms with van der Waals surface area (Å²) >= 11 is 1.24. The number of hydrogen-bond donors (Lipinski definition) is 3. The number of ether oxygens (including phenoxy) is 1. The van der Waals surface area contributed by atoms with Gasteiger partial charge in [-0.1, -0.05) is 36.4 Å². The SMILES string of the molecule is CCOC(=O)N1CCN(C(=O)C(CCC(=O)O)NC(=O)c2cc(NC(=O)c3cccs3)nc(-c3ccccc3)n2)CC1. The van der Waals surface area contributed by atoms with Crippen LogP contribution in [0, 0.1) is 0 Å². The molecule has 0 bridgehead atoms. The monoisotopic (exact) mass is 594 g/mol. The van der Waals surface area contributed by atoms with Crippen LogP contribution in [0.4, 0.5) is 10.6 Å². The molecule has 1 atom stereocenters. The molecule has 3 N–H and O–H groups in total. The third-order valence-electron chi connectivity index (χ3n) is 6.34. The summed E-state index contributed by atoms with van der Waals surface area (Å²) in [5.41, 5.74) is 0.474. The van der Waals surface area contributed by atoms with E-state index in [9.17, 15) is 29.1 Å². The number of carboxylic acid groups (broad SMARTS) is 1. The Morgan fingerprint density at radius 1 is 0.976 bits per heavy atom. The van der Waals surface area contributed by atoms with Crippen molar-refractivity contribution in [1.29, 1.82) is 0 Å². The average Bonchev–Trinajstić information content (AvgIpc) is 3.55. The summed E-state index contributed by atoms with van der Waals surface area (Å²) in [6, 6.07) is 12.4. The Morgan fingerprint density at radius 2 is 1.69 bits per heavy atom. The van der Waals surface area contributed by atoms with Crippen molar-refractivity contribution in [2.75, 3.05) is 38.1 Å². The summed E-state index contributed by atoms with van der Waals surface area (Å²) < 4.78 is 5.01. The van der Waals surface area contributed by atoms with Gasteiger partial charge in [-0.3, -0.25) is 19.2 Å². The van der Waals surface area contributed by atoms with Crippen molar-refractivity contribution >= 4 is 46.9 Å². The fourth-order valence-corrected chi connectivity index (χ4v) is 4.85. The molecule has 14 heteroatoms. The molecule has 1 aromatic carbocycles. The third kappa shape index (κ3) is 7.87. The summed E-state index contributed by atoms with van der Waals surface area (Å²) in [4.78, 5) is 75.1. The van der Waals surface area contributed by atoms with Gasteiger partial charge in [0.05, 0.1) is 11.5 Å². The molecule has 0 aliphatic carbocycles. The van der Waals surface area contributed by atoms with E-state index in [1.54, 1.807) is 48.7 Å². The number of aromatic nitrogens is 2. The lowest BCUT2D eigenvalue weighted by atomic mass is 10.1. The van der Waals surface area contributed by atoms with Gasteiger partial charge in [-0.05, 0) is 24.8 Å². The summed E-state index contributed by atoms with van der Waals surface area (Å²) in [6.45, 7) is 2.81. The molecule has 220 valence electrons. The molecule has 1 saturated heterocycles. The third-order valence-corrected chi connectivity index (χ3v) is 7.21. The number of nitrogens with zero attached hydrogens (tertiary/aromatic N) is 4. The number of carboxylic acids is 1. The number of benzene rings is 1. The molecule has 42 heavy (non-hydrogen) atoms. The molecule has 1 aliphatic rings. The minimum absolute atomic E-state index is 0.0795. The zero-order chi connectivity index (χ0) is 30.1. The minimum atomic E-state index is -1.16. The first-order chi connectivity index (χ1) is 20.2. The number of hydrogen-bond acceptors (Lipinski definition) is 9. The van der Waals surface area contributed by atoms with E-state index < -0.39 is 35.8 Å². The second-order valence-corrected chi connectivity index (χ2v) is 10.2. The zero-order valence-electron chi connectivity index (χ0n) is 22.8. The van der Waals surface area contributed by atoms with Gasteiger partial charge in [0.25, 0.3) is 11.8 Å². The minimum Gasteiger partial charge on any atom is -0.481 e. The maximum absolute atomic E-state index is 13.5. The van der Waals surface area contributed by atoms with Gasteiger partial charge in [0, 0.05) is 44.2 Å². The van der Waals surface area contributed by atoms with Crippen LogP contribution in [0.25, 0.3) is 11.4 Å². The summed E-state index contributed by atoms with van der Waals surface area (Å²) in [7, 11) is 0. The highest BCUT2D eigenvalue weighted by atomic mass is 32.1. The Kier molecular flexibility index (Phi) is 10.2. The molecule has 0 spiro atoms. The smallest absolute Gasteiger partial charge is 0.409 e. The van der Waals surface area contributed by atoms with Crippen molar-refractivity contribution < 1.29 is 33.8 Å². The average molecular weight is 595 g/mol. The Balaban J connectivity index is 1.55. The van der Waals surface area contributed by atoms with E-state index in [-0.39, 0.29) is 63.0 Å². The number of carbonyl (C=O) groups excluding carboxylic acids is 4. The Hall–Kier alpha value is -4.85. The number of carbonyl (C=O) groups is 5. The fraction of sp³-hybridized carbons (Fsp3) is 0.321. The highest BCUT2D eigenvalue weighted by Crippen LogP contribution is 2.20.